The maximum absolute atomic E-state index is 12.1. The number of ether oxygens (including phenoxy) is 2. The Bertz CT molecular complexity index is 385. The molecular formula is C14H24F3NO3S. The van der Waals surface area contributed by atoms with Crippen molar-refractivity contribution in [3.63, 3.8) is 0 Å². The fourth-order valence-electron chi connectivity index (χ4n) is 2.25. The van der Waals surface area contributed by atoms with Crippen molar-refractivity contribution in [3.8, 4) is 0 Å². The van der Waals surface area contributed by atoms with Gasteiger partial charge in [-0.1, -0.05) is 6.92 Å². The molecule has 1 aliphatic rings. The van der Waals surface area contributed by atoms with Crippen molar-refractivity contribution >= 4 is 17.9 Å². The Kier molecular flexibility index (Phi) is 6.44. The number of likely N-dealkylation sites (tertiary alicyclic amines) is 1. The van der Waals surface area contributed by atoms with Gasteiger partial charge >= 0.3 is 11.6 Å². The quantitative estimate of drug-likeness (QED) is 0.706. The number of thioether (sulfide) groups is 1. The summed E-state index contributed by atoms with van der Waals surface area (Å²) in [6, 6.07) is 0. The summed E-state index contributed by atoms with van der Waals surface area (Å²) < 4.78 is 47.3. The Morgan fingerprint density at radius 3 is 2.45 bits per heavy atom. The first-order valence-electron chi connectivity index (χ1n) is 7.29. The molecule has 1 amide bonds. The van der Waals surface area contributed by atoms with Crippen LogP contribution in [0.2, 0.25) is 0 Å². The molecule has 1 unspecified atom stereocenters. The van der Waals surface area contributed by atoms with Crippen LogP contribution in [0.3, 0.4) is 0 Å². The second-order valence-corrected chi connectivity index (χ2v) is 7.49. The number of alkyl halides is 3. The first-order chi connectivity index (χ1) is 9.96. The van der Waals surface area contributed by atoms with Crippen molar-refractivity contribution in [1.82, 2.24) is 4.90 Å². The summed E-state index contributed by atoms with van der Waals surface area (Å²) in [6.07, 6.45) is 0.846. The van der Waals surface area contributed by atoms with Gasteiger partial charge in [0.2, 0.25) is 0 Å². The molecule has 1 saturated heterocycles. The predicted octanol–water partition coefficient (Wildman–Crippen LogP) is 4.05. The van der Waals surface area contributed by atoms with Crippen molar-refractivity contribution in [2.45, 2.75) is 57.2 Å². The molecule has 8 heteroatoms. The molecule has 130 valence electrons. The summed E-state index contributed by atoms with van der Waals surface area (Å²) in [5.41, 5.74) is -5.37. The molecule has 4 nitrogen and oxygen atoms in total. The van der Waals surface area contributed by atoms with Crippen molar-refractivity contribution in [2.75, 3.05) is 25.4 Å². The number of amides is 1. The van der Waals surface area contributed by atoms with E-state index in [-0.39, 0.29) is 24.1 Å². The van der Waals surface area contributed by atoms with Gasteiger partial charge in [0.15, 0.2) is 0 Å². The Morgan fingerprint density at radius 2 is 1.95 bits per heavy atom. The normalized spacial score (nSPS) is 23.0. The minimum absolute atomic E-state index is 0.0141. The Balaban J connectivity index is 2.46. The number of halogens is 3. The highest BCUT2D eigenvalue weighted by Crippen LogP contribution is 2.32. The summed E-state index contributed by atoms with van der Waals surface area (Å²) in [6.45, 7) is 8.15. The molecule has 0 spiro atoms. The number of carbonyl (C=O) groups is 1. The van der Waals surface area contributed by atoms with Crippen LogP contribution in [0.4, 0.5) is 18.0 Å². The average Bonchev–Trinajstić information content (AvgIpc) is 2.77. The predicted molar refractivity (Wildman–Crippen MR) is 79.9 cm³/mol. The van der Waals surface area contributed by atoms with Crippen LogP contribution in [-0.4, -0.2) is 53.2 Å². The molecule has 0 bridgehead atoms. The molecule has 0 aromatic heterocycles. The summed E-state index contributed by atoms with van der Waals surface area (Å²) in [5.74, 6) is -0.141. The molecule has 0 aromatic carbocycles. The summed E-state index contributed by atoms with van der Waals surface area (Å²) in [7, 11) is 0. The highest BCUT2D eigenvalue weighted by atomic mass is 32.2. The lowest BCUT2D eigenvalue weighted by atomic mass is 10.00. The van der Waals surface area contributed by atoms with Gasteiger partial charge in [0, 0.05) is 12.3 Å². The summed E-state index contributed by atoms with van der Waals surface area (Å²) >= 11 is -0.0891. The van der Waals surface area contributed by atoms with Crippen molar-refractivity contribution in [1.29, 1.82) is 0 Å². The van der Waals surface area contributed by atoms with Crippen LogP contribution >= 0.6 is 11.8 Å². The van der Waals surface area contributed by atoms with E-state index in [1.165, 1.54) is 0 Å². The molecule has 0 saturated carbocycles. The Morgan fingerprint density at radius 1 is 1.32 bits per heavy atom. The number of rotatable bonds is 5. The van der Waals surface area contributed by atoms with E-state index in [0.29, 0.717) is 25.9 Å². The zero-order chi connectivity index (χ0) is 17.0. The topological polar surface area (TPSA) is 38.8 Å². The fraction of sp³-hybridized carbons (Fsp3) is 0.929. The summed E-state index contributed by atoms with van der Waals surface area (Å²) in [5, 5.41) is 0. The monoisotopic (exact) mass is 343 g/mol. The highest BCUT2D eigenvalue weighted by molar-refractivity contribution is 8.00. The number of hydrogen-bond acceptors (Lipinski definition) is 4. The molecule has 1 aliphatic heterocycles. The highest BCUT2D eigenvalue weighted by Gasteiger charge is 2.41. The molecular weight excluding hydrogens is 319 g/mol. The third-order valence-electron chi connectivity index (χ3n) is 3.37. The van der Waals surface area contributed by atoms with E-state index in [9.17, 15) is 18.0 Å². The van der Waals surface area contributed by atoms with E-state index in [1.807, 2.05) is 6.92 Å². The first-order valence-corrected chi connectivity index (χ1v) is 8.27. The van der Waals surface area contributed by atoms with Gasteiger partial charge in [-0.25, -0.2) is 4.79 Å². The zero-order valence-corrected chi connectivity index (χ0v) is 14.3. The van der Waals surface area contributed by atoms with Gasteiger partial charge in [0.25, 0.3) is 0 Å². The van der Waals surface area contributed by atoms with Crippen LogP contribution in [-0.2, 0) is 9.47 Å². The third-order valence-corrected chi connectivity index (χ3v) is 4.07. The van der Waals surface area contributed by atoms with E-state index in [2.05, 4.69) is 0 Å². The Hall–Kier alpha value is -0.630. The molecule has 1 atom stereocenters. The molecule has 0 aromatic rings. The molecule has 0 radical (unpaired) electrons. The second kappa shape index (κ2) is 7.29. The van der Waals surface area contributed by atoms with Gasteiger partial charge in [0.1, 0.15) is 5.60 Å². The SMILES string of the molecule is CCC1(OCCSC(F)(F)F)CCN(C(=O)OC(C)(C)C)C1. The summed E-state index contributed by atoms with van der Waals surface area (Å²) in [4.78, 5) is 13.6. The number of carbonyl (C=O) groups excluding carboxylic acids is 1. The Labute approximate surface area is 133 Å². The third kappa shape index (κ3) is 6.64. The van der Waals surface area contributed by atoms with Crippen LogP contribution in [0, 0.1) is 0 Å². The van der Waals surface area contributed by atoms with E-state index >= 15 is 0 Å². The van der Waals surface area contributed by atoms with Gasteiger partial charge in [0.05, 0.1) is 18.8 Å². The van der Waals surface area contributed by atoms with Crippen LogP contribution in [0.5, 0.6) is 0 Å². The molecule has 22 heavy (non-hydrogen) atoms. The fourth-order valence-corrected chi connectivity index (χ4v) is 2.65. The molecule has 1 fully saturated rings. The van der Waals surface area contributed by atoms with Crippen LogP contribution in [0.1, 0.15) is 40.5 Å². The standard InChI is InChI=1S/C14H24F3NO3S/c1-5-13(20-8-9-22-14(15,16)17)6-7-18(10-13)11(19)21-12(2,3)4/h5-10H2,1-4H3. The van der Waals surface area contributed by atoms with Crippen LogP contribution < -0.4 is 0 Å². The van der Waals surface area contributed by atoms with Gasteiger partial charge in [-0.3, -0.25) is 0 Å². The van der Waals surface area contributed by atoms with Gasteiger partial charge in [-0.15, -0.1) is 0 Å². The van der Waals surface area contributed by atoms with E-state index in [0.717, 1.165) is 0 Å². The lowest BCUT2D eigenvalue weighted by Crippen LogP contribution is -2.40. The average molecular weight is 343 g/mol. The van der Waals surface area contributed by atoms with Crippen molar-refractivity contribution in [3.05, 3.63) is 0 Å². The minimum Gasteiger partial charge on any atom is -0.444 e. The molecule has 1 heterocycles. The maximum atomic E-state index is 12.1. The molecule has 0 N–H and O–H groups in total. The molecule has 1 rings (SSSR count). The number of nitrogens with zero attached hydrogens (tertiary/aromatic N) is 1. The first kappa shape index (κ1) is 19.4. The van der Waals surface area contributed by atoms with E-state index in [4.69, 9.17) is 9.47 Å². The maximum Gasteiger partial charge on any atom is 0.441 e. The van der Waals surface area contributed by atoms with Crippen molar-refractivity contribution < 1.29 is 27.4 Å². The smallest absolute Gasteiger partial charge is 0.441 e. The number of hydrogen-bond donors (Lipinski definition) is 0. The lowest BCUT2D eigenvalue weighted by Gasteiger charge is -2.29. The van der Waals surface area contributed by atoms with Crippen LogP contribution in [0.15, 0.2) is 0 Å². The van der Waals surface area contributed by atoms with E-state index in [1.54, 1.807) is 25.7 Å². The molecule has 0 aliphatic carbocycles. The lowest BCUT2D eigenvalue weighted by molar-refractivity contribution is -0.0415. The second-order valence-electron chi connectivity index (χ2n) is 6.33. The zero-order valence-electron chi connectivity index (χ0n) is 13.5. The van der Waals surface area contributed by atoms with Gasteiger partial charge in [-0.05, 0) is 45.4 Å². The minimum atomic E-state index is -4.24. The van der Waals surface area contributed by atoms with Crippen LogP contribution in [0.25, 0.3) is 0 Å². The van der Waals surface area contributed by atoms with E-state index < -0.39 is 22.8 Å². The van der Waals surface area contributed by atoms with Gasteiger partial charge < -0.3 is 14.4 Å². The van der Waals surface area contributed by atoms with Crippen molar-refractivity contribution in [2.24, 2.45) is 0 Å². The largest absolute Gasteiger partial charge is 0.444 e. The van der Waals surface area contributed by atoms with Gasteiger partial charge in [-0.2, -0.15) is 13.2 Å².